The van der Waals surface area contributed by atoms with Crippen LogP contribution in [-0.2, 0) is 17.5 Å². The Morgan fingerprint density at radius 2 is 2.00 bits per heavy atom. The number of carbonyl (C=O) groups is 1. The van der Waals surface area contributed by atoms with Crippen LogP contribution < -0.4 is 11.1 Å². The van der Waals surface area contributed by atoms with Gasteiger partial charge in [-0.3, -0.25) is 0 Å². The summed E-state index contributed by atoms with van der Waals surface area (Å²) in [6, 6.07) is 0. The molecule has 0 fully saturated rings. The molecular weight excluding hydrogens is 327 g/mol. The van der Waals surface area contributed by atoms with Gasteiger partial charge in [0.05, 0.1) is 11.4 Å². The van der Waals surface area contributed by atoms with Gasteiger partial charge >= 0.3 is 12.3 Å². The number of alkyl halides is 3. The molecule has 118 valence electrons. The number of hydrogen-bond acceptors (Lipinski definition) is 5. The molecule has 0 atom stereocenters. The Morgan fingerprint density at radius 1 is 1.43 bits per heavy atom. The second-order valence-corrected chi connectivity index (χ2v) is 6.53. The molecule has 1 aromatic rings. The van der Waals surface area contributed by atoms with E-state index in [0.717, 1.165) is 0 Å². The molecule has 0 aliphatic heterocycles. The Bertz CT molecular complexity index is 550. The molecule has 1 aromatic heterocycles. The first kappa shape index (κ1) is 17.6. The van der Waals surface area contributed by atoms with Crippen molar-refractivity contribution < 1.29 is 22.7 Å². The van der Waals surface area contributed by atoms with Crippen molar-refractivity contribution in [3.05, 3.63) is 15.6 Å². The summed E-state index contributed by atoms with van der Waals surface area (Å²) in [5.74, 6) is 0. The van der Waals surface area contributed by atoms with E-state index in [-0.39, 0.29) is 21.4 Å². The molecule has 3 N–H and O–H groups in total. The van der Waals surface area contributed by atoms with Gasteiger partial charge in [-0.05, 0) is 20.8 Å². The van der Waals surface area contributed by atoms with Gasteiger partial charge in [-0.2, -0.15) is 13.2 Å². The van der Waals surface area contributed by atoms with Crippen LogP contribution in [0.1, 0.15) is 36.3 Å². The third kappa shape index (κ3) is 5.46. The first-order valence-electron chi connectivity index (χ1n) is 5.73. The van der Waals surface area contributed by atoms with Gasteiger partial charge in [0, 0.05) is 0 Å². The summed E-state index contributed by atoms with van der Waals surface area (Å²) in [5.41, 5.74) is 3.42. The average Bonchev–Trinajstić information content (AvgIpc) is 2.67. The molecule has 10 heteroatoms. The van der Waals surface area contributed by atoms with Gasteiger partial charge in [-0.1, -0.05) is 12.2 Å². The van der Waals surface area contributed by atoms with Crippen molar-refractivity contribution in [2.24, 2.45) is 5.73 Å². The number of thiazole rings is 1. The zero-order chi connectivity index (χ0) is 16.4. The standard InChI is InChI=1S/C11H14F3N3O2S2/c1-10(2,3)19-9(18)16-4-5-17-7(11(12,13)14)6(21-5)8(15)20/h4H2,1-3H3,(H2,15,20)(H,16,18). The van der Waals surface area contributed by atoms with Gasteiger partial charge in [-0.15, -0.1) is 11.3 Å². The zero-order valence-corrected chi connectivity index (χ0v) is 13.1. The van der Waals surface area contributed by atoms with E-state index in [2.05, 4.69) is 22.5 Å². The van der Waals surface area contributed by atoms with Gasteiger partial charge in [-0.25, -0.2) is 9.78 Å². The number of rotatable bonds is 3. The first-order chi connectivity index (χ1) is 9.40. The van der Waals surface area contributed by atoms with Crippen molar-refractivity contribution >= 4 is 34.6 Å². The molecular formula is C11H14F3N3O2S2. The number of halogens is 3. The van der Waals surface area contributed by atoms with Gasteiger partial charge < -0.3 is 15.8 Å². The van der Waals surface area contributed by atoms with E-state index in [9.17, 15) is 18.0 Å². The normalized spacial score (nSPS) is 12.1. The molecule has 1 rings (SSSR count). The Hall–Kier alpha value is -1.42. The Morgan fingerprint density at radius 3 is 2.38 bits per heavy atom. The summed E-state index contributed by atoms with van der Waals surface area (Å²) in [6.07, 6.45) is -5.40. The highest BCUT2D eigenvalue weighted by Gasteiger charge is 2.38. The second-order valence-electron chi connectivity index (χ2n) is 5.00. The second kappa shape index (κ2) is 6.14. The van der Waals surface area contributed by atoms with Crippen LogP contribution in [0.15, 0.2) is 0 Å². The maximum atomic E-state index is 12.8. The van der Waals surface area contributed by atoms with E-state index >= 15 is 0 Å². The number of nitrogens with two attached hydrogens (primary N) is 1. The van der Waals surface area contributed by atoms with E-state index in [4.69, 9.17) is 10.5 Å². The molecule has 1 heterocycles. The number of amides is 1. The van der Waals surface area contributed by atoms with Crippen molar-refractivity contribution in [3.63, 3.8) is 0 Å². The van der Waals surface area contributed by atoms with E-state index in [1.54, 1.807) is 20.8 Å². The molecule has 0 aliphatic rings. The van der Waals surface area contributed by atoms with Gasteiger partial charge in [0.25, 0.3) is 0 Å². The molecule has 0 aromatic carbocycles. The maximum absolute atomic E-state index is 12.8. The molecule has 0 radical (unpaired) electrons. The van der Waals surface area contributed by atoms with Gasteiger partial charge in [0.1, 0.15) is 15.6 Å². The highest BCUT2D eigenvalue weighted by molar-refractivity contribution is 7.81. The molecule has 0 saturated heterocycles. The predicted octanol–water partition coefficient (Wildman–Crippen LogP) is 2.82. The molecule has 5 nitrogen and oxygen atoms in total. The SMILES string of the molecule is CC(C)(C)OC(=O)NCc1nc(C(F)(F)F)c(C(N)=S)s1. The van der Waals surface area contributed by atoms with Crippen molar-refractivity contribution in [1.29, 1.82) is 0 Å². The molecule has 0 saturated carbocycles. The summed E-state index contributed by atoms with van der Waals surface area (Å²) in [5, 5.41) is 2.36. The highest BCUT2D eigenvalue weighted by Crippen LogP contribution is 2.34. The lowest BCUT2D eigenvalue weighted by Crippen LogP contribution is -2.32. The zero-order valence-electron chi connectivity index (χ0n) is 11.5. The fraction of sp³-hybridized carbons (Fsp3) is 0.545. The molecule has 0 unspecified atom stereocenters. The average molecular weight is 341 g/mol. The number of nitrogens with zero attached hydrogens (tertiary/aromatic N) is 1. The molecule has 1 amide bonds. The lowest BCUT2D eigenvalue weighted by molar-refractivity contribution is -0.140. The topological polar surface area (TPSA) is 77.2 Å². The third-order valence-electron chi connectivity index (χ3n) is 1.95. The monoisotopic (exact) mass is 341 g/mol. The Labute approximate surface area is 128 Å². The van der Waals surface area contributed by atoms with Crippen molar-refractivity contribution in [2.45, 2.75) is 39.1 Å². The summed E-state index contributed by atoms with van der Waals surface area (Å²) in [6.45, 7) is 4.80. The van der Waals surface area contributed by atoms with E-state index in [1.165, 1.54) is 0 Å². The minimum atomic E-state index is -4.65. The highest BCUT2D eigenvalue weighted by atomic mass is 32.1. The van der Waals surface area contributed by atoms with Gasteiger partial charge in [0.15, 0.2) is 5.69 Å². The van der Waals surface area contributed by atoms with Gasteiger partial charge in [0.2, 0.25) is 0 Å². The van der Waals surface area contributed by atoms with Crippen LogP contribution in [0.4, 0.5) is 18.0 Å². The minimum Gasteiger partial charge on any atom is -0.444 e. The summed E-state index contributed by atoms with van der Waals surface area (Å²) < 4.78 is 43.2. The number of alkyl carbamates (subject to hydrolysis) is 1. The fourth-order valence-corrected chi connectivity index (χ4v) is 2.36. The van der Waals surface area contributed by atoms with E-state index < -0.39 is 23.6 Å². The first-order valence-corrected chi connectivity index (χ1v) is 6.96. The number of ether oxygens (including phenoxy) is 1. The van der Waals surface area contributed by atoms with E-state index in [1.807, 2.05) is 0 Å². The molecule has 0 bridgehead atoms. The third-order valence-corrected chi connectivity index (χ3v) is 3.37. The number of nitrogens with one attached hydrogen (secondary N) is 1. The van der Waals surface area contributed by atoms with Crippen molar-refractivity contribution in [2.75, 3.05) is 0 Å². The summed E-state index contributed by atoms with van der Waals surface area (Å²) in [7, 11) is 0. The van der Waals surface area contributed by atoms with Crippen molar-refractivity contribution in [1.82, 2.24) is 10.3 Å². The van der Waals surface area contributed by atoms with E-state index in [0.29, 0.717) is 11.3 Å². The maximum Gasteiger partial charge on any atom is 0.434 e. The largest absolute Gasteiger partial charge is 0.444 e. The quantitative estimate of drug-likeness (QED) is 0.827. The van der Waals surface area contributed by atoms with Crippen LogP contribution in [-0.4, -0.2) is 21.7 Å². The lowest BCUT2D eigenvalue weighted by atomic mass is 10.2. The van der Waals surface area contributed by atoms with Crippen LogP contribution in [0.3, 0.4) is 0 Å². The van der Waals surface area contributed by atoms with Crippen LogP contribution >= 0.6 is 23.6 Å². The lowest BCUT2D eigenvalue weighted by Gasteiger charge is -2.19. The smallest absolute Gasteiger partial charge is 0.434 e. The molecule has 21 heavy (non-hydrogen) atoms. The predicted molar refractivity (Wildman–Crippen MR) is 76.1 cm³/mol. The Balaban J connectivity index is 2.82. The summed E-state index contributed by atoms with van der Waals surface area (Å²) >= 11 is 5.26. The Kier molecular flexibility index (Phi) is 5.16. The summed E-state index contributed by atoms with van der Waals surface area (Å²) in [4.78, 5) is 14.1. The van der Waals surface area contributed by atoms with Crippen LogP contribution in [0.5, 0.6) is 0 Å². The number of carbonyl (C=O) groups excluding carboxylic acids is 1. The molecule has 0 spiro atoms. The van der Waals surface area contributed by atoms with Crippen LogP contribution in [0.25, 0.3) is 0 Å². The minimum absolute atomic E-state index is 0.0379. The van der Waals surface area contributed by atoms with Crippen LogP contribution in [0, 0.1) is 0 Å². The molecule has 0 aliphatic carbocycles. The van der Waals surface area contributed by atoms with Crippen molar-refractivity contribution in [3.8, 4) is 0 Å². The number of hydrogen-bond donors (Lipinski definition) is 2. The van der Waals surface area contributed by atoms with Crippen LogP contribution in [0.2, 0.25) is 0 Å². The number of aromatic nitrogens is 1. The number of thiocarbonyl (C=S) groups is 1. The fourth-order valence-electron chi connectivity index (χ4n) is 1.26.